The molecule has 6 nitrogen and oxygen atoms in total. The van der Waals surface area contributed by atoms with Gasteiger partial charge in [-0.3, -0.25) is 5.32 Å². The second-order valence-corrected chi connectivity index (χ2v) is 7.23. The number of nitrogens with one attached hydrogen (secondary N) is 1. The van der Waals surface area contributed by atoms with Gasteiger partial charge in [-0.25, -0.2) is 9.59 Å². The van der Waals surface area contributed by atoms with Crippen molar-refractivity contribution in [2.45, 2.75) is 25.9 Å². The lowest BCUT2D eigenvalue weighted by molar-refractivity contribution is -0.131. The standard InChI is InChI=1S/C21H22BrNO5/c1-14(7-5-6-10-19(25)26)20(17-13-15(22)11-12-18(17)24)28-21(27)23-16-8-3-2-4-9-16/h2-4,6,8-14,20,24H,5,7H2,1H3,(H,23,27)(H,25,26)/b10-6+/t14-,20-/m0/s1. The molecule has 0 aliphatic carbocycles. The van der Waals surface area contributed by atoms with E-state index in [2.05, 4.69) is 21.2 Å². The fraction of sp³-hybridized carbons (Fsp3) is 0.238. The number of anilines is 1. The molecular formula is C21H22BrNO5. The predicted octanol–water partition coefficient (Wildman–Crippen LogP) is 5.50. The molecule has 2 atom stereocenters. The number of ether oxygens (including phenoxy) is 1. The number of amides is 1. The van der Waals surface area contributed by atoms with Crippen molar-refractivity contribution in [3.05, 3.63) is 70.7 Å². The number of carboxylic acids is 1. The van der Waals surface area contributed by atoms with E-state index in [0.717, 1.165) is 10.5 Å². The minimum atomic E-state index is -1.01. The van der Waals surface area contributed by atoms with Crippen molar-refractivity contribution in [1.82, 2.24) is 0 Å². The van der Waals surface area contributed by atoms with E-state index in [1.165, 1.54) is 6.07 Å². The molecule has 0 unspecified atom stereocenters. The molecule has 2 aromatic rings. The summed E-state index contributed by atoms with van der Waals surface area (Å²) in [5, 5.41) is 21.6. The topological polar surface area (TPSA) is 95.9 Å². The van der Waals surface area contributed by atoms with Crippen molar-refractivity contribution >= 4 is 33.7 Å². The first-order chi connectivity index (χ1) is 13.4. The van der Waals surface area contributed by atoms with Crippen LogP contribution in [0.2, 0.25) is 0 Å². The average Bonchev–Trinajstić information content (AvgIpc) is 2.66. The maximum Gasteiger partial charge on any atom is 0.412 e. The van der Waals surface area contributed by atoms with Crippen molar-refractivity contribution in [1.29, 1.82) is 0 Å². The fourth-order valence-corrected chi connectivity index (χ4v) is 3.10. The van der Waals surface area contributed by atoms with Gasteiger partial charge in [0.05, 0.1) is 0 Å². The lowest BCUT2D eigenvalue weighted by Gasteiger charge is -2.25. The Balaban J connectivity index is 2.16. The van der Waals surface area contributed by atoms with Gasteiger partial charge in [0.1, 0.15) is 11.9 Å². The van der Waals surface area contributed by atoms with Gasteiger partial charge in [-0.1, -0.05) is 47.1 Å². The smallest absolute Gasteiger partial charge is 0.412 e. The highest BCUT2D eigenvalue weighted by Crippen LogP contribution is 2.36. The third-order valence-corrected chi connectivity index (χ3v) is 4.61. The average molecular weight is 448 g/mol. The Morgan fingerprint density at radius 1 is 1.21 bits per heavy atom. The van der Waals surface area contributed by atoms with Gasteiger partial charge < -0.3 is 14.9 Å². The minimum Gasteiger partial charge on any atom is -0.508 e. The minimum absolute atomic E-state index is 0.0219. The van der Waals surface area contributed by atoms with Crippen LogP contribution in [0.15, 0.2) is 65.2 Å². The summed E-state index contributed by atoms with van der Waals surface area (Å²) in [7, 11) is 0. The number of rotatable bonds is 8. The summed E-state index contributed by atoms with van der Waals surface area (Å²) in [4.78, 5) is 23.0. The van der Waals surface area contributed by atoms with Crippen LogP contribution in [0.4, 0.5) is 10.5 Å². The van der Waals surface area contributed by atoms with Crippen LogP contribution in [0, 0.1) is 5.92 Å². The van der Waals surface area contributed by atoms with Crippen LogP contribution in [0.1, 0.15) is 31.4 Å². The summed E-state index contributed by atoms with van der Waals surface area (Å²) in [5.41, 5.74) is 1.08. The number of phenolic OH excluding ortho intramolecular Hbond substituents is 1. The monoisotopic (exact) mass is 447 g/mol. The van der Waals surface area contributed by atoms with Crippen molar-refractivity contribution < 1.29 is 24.5 Å². The van der Waals surface area contributed by atoms with Gasteiger partial charge in [-0.2, -0.15) is 0 Å². The molecule has 0 fully saturated rings. The van der Waals surface area contributed by atoms with Gasteiger partial charge in [0.15, 0.2) is 0 Å². The summed E-state index contributed by atoms with van der Waals surface area (Å²) in [6.07, 6.45) is 2.37. The SMILES string of the molecule is C[C@@H](CC/C=C/C(=O)O)[C@H](OC(=O)Nc1ccccc1)c1cc(Br)ccc1O. The van der Waals surface area contributed by atoms with E-state index < -0.39 is 18.2 Å². The van der Waals surface area contributed by atoms with E-state index in [4.69, 9.17) is 9.84 Å². The molecule has 0 aromatic heterocycles. The molecule has 0 aliphatic heterocycles. The molecule has 2 aromatic carbocycles. The number of hydrogen-bond acceptors (Lipinski definition) is 4. The molecular weight excluding hydrogens is 426 g/mol. The van der Waals surface area contributed by atoms with Crippen molar-refractivity contribution in [2.75, 3.05) is 5.32 Å². The van der Waals surface area contributed by atoms with Crippen LogP contribution in [-0.2, 0) is 9.53 Å². The second-order valence-electron chi connectivity index (χ2n) is 6.32. The van der Waals surface area contributed by atoms with Crippen molar-refractivity contribution in [2.24, 2.45) is 5.92 Å². The number of carbonyl (C=O) groups is 2. The molecule has 0 radical (unpaired) electrons. The number of aromatic hydroxyl groups is 1. The maximum atomic E-state index is 12.4. The number of phenols is 1. The van der Waals surface area contributed by atoms with E-state index in [1.807, 2.05) is 13.0 Å². The molecule has 0 aliphatic rings. The highest BCUT2D eigenvalue weighted by atomic mass is 79.9. The first kappa shape index (κ1) is 21.5. The lowest BCUT2D eigenvalue weighted by atomic mass is 9.92. The molecule has 7 heteroatoms. The molecule has 1 amide bonds. The summed E-state index contributed by atoms with van der Waals surface area (Å²) >= 11 is 3.37. The van der Waals surface area contributed by atoms with E-state index in [-0.39, 0.29) is 11.7 Å². The first-order valence-electron chi connectivity index (χ1n) is 8.77. The number of carboxylic acid groups (broad SMARTS) is 1. The van der Waals surface area contributed by atoms with Crippen LogP contribution < -0.4 is 5.32 Å². The Labute approximate surface area is 172 Å². The Hall–Kier alpha value is -2.80. The third-order valence-electron chi connectivity index (χ3n) is 4.12. The molecule has 0 saturated carbocycles. The van der Waals surface area contributed by atoms with E-state index in [0.29, 0.717) is 24.1 Å². The quantitative estimate of drug-likeness (QED) is 0.464. The fourth-order valence-electron chi connectivity index (χ4n) is 2.72. The Morgan fingerprint density at radius 2 is 1.93 bits per heavy atom. The number of allylic oxidation sites excluding steroid dienone is 1. The molecule has 28 heavy (non-hydrogen) atoms. The van der Waals surface area contributed by atoms with Gasteiger partial charge in [-0.15, -0.1) is 0 Å². The summed E-state index contributed by atoms with van der Waals surface area (Å²) in [5.74, 6) is -1.15. The normalized spacial score (nSPS) is 13.1. The lowest BCUT2D eigenvalue weighted by Crippen LogP contribution is -2.22. The maximum absolute atomic E-state index is 12.4. The van der Waals surface area contributed by atoms with Gasteiger partial charge in [-0.05, 0) is 49.1 Å². The number of halogens is 1. The molecule has 0 bridgehead atoms. The number of hydrogen-bond donors (Lipinski definition) is 3. The predicted molar refractivity (Wildman–Crippen MR) is 110 cm³/mol. The van der Waals surface area contributed by atoms with Crippen LogP contribution in [0.25, 0.3) is 0 Å². The second kappa shape index (κ2) is 10.5. The zero-order valence-electron chi connectivity index (χ0n) is 15.3. The van der Waals surface area contributed by atoms with Gasteiger partial charge in [0.25, 0.3) is 0 Å². The Bertz CT molecular complexity index is 838. The molecule has 148 valence electrons. The number of aliphatic carboxylic acids is 1. The van der Waals surface area contributed by atoms with Crippen LogP contribution in [0.5, 0.6) is 5.75 Å². The molecule has 0 heterocycles. The first-order valence-corrected chi connectivity index (χ1v) is 9.56. The third kappa shape index (κ3) is 6.74. The largest absolute Gasteiger partial charge is 0.508 e. The Kier molecular flexibility index (Phi) is 8.07. The molecule has 2 rings (SSSR count). The van der Waals surface area contributed by atoms with Gasteiger partial charge in [0, 0.05) is 21.8 Å². The number of benzene rings is 2. The number of carbonyl (C=O) groups excluding carboxylic acids is 1. The Morgan fingerprint density at radius 3 is 2.61 bits per heavy atom. The van der Waals surface area contributed by atoms with Crippen molar-refractivity contribution in [3.63, 3.8) is 0 Å². The van der Waals surface area contributed by atoms with Crippen molar-refractivity contribution in [3.8, 4) is 5.75 Å². The van der Waals surface area contributed by atoms with Gasteiger partial charge >= 0.3 is 12.1 Å². The van der Waals surface area contributed by atoms with Crippen LogP contribution in [-0.4, -0.2) is 22.3 Å². The molecule has 3 N–H and O–H groups in total. The summed E-state index contributed by atoms with van der Waals surface area (Å²) < 4.78 is 6.39. The summed E-state index contributed by atoms with van der Waals surface area (Å²) in [6.45, 7) is 1.88. The highest BCUT2D eigenvalue weighted by molar-refractivity contribution is 9.10. The number of para-hydroxylation sites is 1. The van der Waals surface area contributed by atoms with E-state index >= 15 is 0 Å². The zero-order chi connectivity index (χ0) is 20.5. The summed E-state index contributed by atoms with van der Waals surface area (Å²) in [6, 6.07) is 13.8. The van der Waals surface area contributed by atoms with Crippen LogP contribution >= 0.6 is 15.9 Å². The van der Waals surface area contributed by atoms with Gasteiger partial charge in [0.2, 0.25) is 0 Å². The van der Waals surface area contributed by atoms with E-state index in [9.17, 15) is 14.7 Å². The van der Waals surface area contributed by atoms with Crippen LogP contribution in [0.3, 0.4) is 0 Å². The van der Waals surface area contributed by atoms with E-state index in [1.54, 1.807) is 42.5 Å². The zero-order valence-corrected chi connectivity index (χ0v) is 16.9. The molecule has 0 spiro atoms. The highest BCUT2D eigenvalue weighted by Gasteiger charge is 2.26. The molecule has 0 saturated heterocycles.